The lowest BCUT2D eigenvalue weighted by molar-refractivity contribution is -0.216. The molecule has 1 aromatic heterocycles. The minimum atomic E-state index is -0.806. The summed E-state index contributed by atoms with van der Waals surface area (Å²) in [6.45, 7) is 0.904. The van der Waals surface area contributed by atoms with Gasteiger partial charge in [-0.15, -0.1) is 0 Å². The third-order valence-corrected chi connectivity index (χ3v) is 7.58. The molecule has 4 aliphatic rings. The fourth-order valence-corrected chi connectivity index (χ4v) is 6.45. The molecule has 4 bridgehead atoms. The molecule has 6 rings (SSSR count). The number of nitrogens with zero attached hydrogens (tertiary/aromatic N) is 2. The summed E-state index contributed by atoms with van der Waals surface area (Å²) in [6, 6.07) is 3.49. The molecule has 160 valence electrons. The zero-order valence-electron chi connectivity index (χ0n) is 16.8. The SMILES string of the molecule is COCCn1cc(-c2ccc(F)cc2F)sc1=NC(=O)C12CC3CC(CC(C3)O1)C2. The highest BCUT2D eigenvalue weighted by atomic mass is 32.1. The Hall–Kier alpha value is -1.90. The van der Waals surface area contributed by atoms with E-state index in [9.17, 15) is 13.6 Å². The molecule has 2 aromatic rings. The highest BCUT2D eigenvalue weighted by molar-refractivity contribution is 7.12. The van der Waals surface area contributed by atoms with Crippen molar-refractivity contribution < 1.29 is 23.0 Å². The summed E-state index contributed by atoms with van der Waals surface area (Å²) in [5.41, 5.74) is -0.522. The number of benzene rings is 1. The van der Waals surface area contributed by atoms with Gasteiger partial charge in [-0.1, -0.05) is 11.3 Å². The fraction of sp³-hybridized carbons (Fsp3) is 0.545. The van der Waals surface area contributed by atoms with Crippen LogP contribution in [0.15, 0.2) is 29.4 Å². The minimum Gasteiger partial charge on any atom is -0.383 e. The Morgan fingerprint density at radius 1 is 1.30 bits per heavy atom. The first-order valence-electron chi connectivity index (χ1n) is 10.4. The molecule has 30 heavy (non-hydrogen) atoms. The second-order valence-corrected chi connectivity index (χ2v) is 9.70. The zero-order valence-corrected chi connectivity index (χ0v) is 17.6. The Morgan fingerprint density at radius 2 is 2.07 bits per heavy atom. The van der Waals surface area contributed by atoms with Crippen LogP contribution in [-0.4, -0.2) is 35.9 Å². The van der Waals surface area contributed by atoms with Gasteiger partial charge >= 0.3 is 0 Å². The van der Waals surface area contributed by atoms with Crippen molar-refractivity contribution in [2.24, 2.45) is 16.8 Å². The minimum absolute atomic E-state index is 0.170. The van der Waals surface area contributed by atoms with E-state index >= 15 is 0 Å². The molecule has 2 atom stereocenters. The van der Waals surface area contributed by atoms with E-state index in [1.807, 2.05) is 0 Å². The summed E-state index contributed by atoms with van der Waals surface area (Å²) in [5.74, 6) is -0.413. The average molecular weight is 435 g/mol. The monoisotopic (exact) mass is 434 g/mol. The molecule has 2 saturated heterocycles. The van der Waals surface area contributed by atoms with Gasteiger partial charge in [0.05, 0.1) is 17.6 Å². The maximum atomic E-state index is 14.3. The summed E-state index contributed by atoms with van der Waals surface area (Å²) in [6.07, 6.45) is 6.68. The van der Waals surface area contributed by atoms with E-state index in [1.165, 1.54) is 29.9 Å². The van der Waals surface area contributed by atoms with E-state index in [2.05, 4.69) is 4.99 Å². The lowest BCUT2D eigenvalue weighted by Crippen LogP contribution is -2.58. The predicted molar refractivity (Wildman–Crippen MR) is 108 cm³/mol. The number of rotatable bonds is 5. The molecule has 0 spiro atoms. The lowest BCUT2D eigenvalue weighted by Gasteiger charge is -2.54. The number of methoxy groups -OCH3 is 1. The van der Waals surface area contributed by atoms with E-state index in [-0.39, 0.29) is 17.6 Å². The topological polar surface area (TPSA) is 52.8 Å². The van der Waals surface area contributed by atoms with Gasteiger partial charge in [0.2, 0.25) is 0 Å². The van der Waals surface area contributed by atoms with E-state index in [0.29, 0.717) is 34.7 Å². The van der Waals surface area contributed by atoms with Crippen LogP contribution in [0.2, 0.25) is 0 Å². The molecule has 2 unspecified atom stereocenters. The van der Waals surface area contributed by atoms with Crippen LogP contribution in [0.3, 0.4) is 0 Å². The molecular weight excluding hydrogens is 410 g/mol. The first-order valence-corrected chi connectivity index (χ1v) is 11.2. The normalized spacial score (nSPS) is 30.2. The molecule has 2 saturated carbocycles. The summed E-state index contributed by atoms with van der Waals surface area (Å²) in [7, 11) is 1.60. The molecule has 0 N–H and O–H groups in total. The number of hydrogen-bond donors (Lipinski definition) is 0. The van der Waals surface area contributed by atoms with Gasteiger partial charge < -0.3 is 14.0 Å². The Morgan fingerprint density at radius 3 is 2.73 bits per heavy atom. The average Bonchev–Trinajstić information content (AvgIpc) is 3.07. The molecule has 8 heteroatoms. The number of carbonyl (C=O) groups excluding carboxylic acids is 1. The molecule has 1 amide bonds. The Bertz CT molecular complexity index is 1010. The molecule has 2 aliphatic heterocycles. The summed E-state index contributed by atoms with van der Waals surface area (Å²) < 4.78 is 40.8. The van der Waals surface area contributed by atoms with Crippen molar-refractivity contribution in [3.8, 4) is 10.4 Å². The van der Waals surface area contributed by atoms with Gasteiger partial charge in [-0.25, -0.2) is 8.78 Å². The highest BCUT2D eigenvalue weighted by Crippen LogP contribution is 2.53. The predicted octanol–water partition coefficient (Wildman–Crippen LogP) is 3.92. The number of halogens is 2. The number of ether oxygens (including phenoxy) is 2. The van der Waals surface area contributed by atoms with Gasteiger partial charge in [0.15, 0.2) is 4.80 Å². The Labute approximate surface area is 177 Å². The Kier molecular flexibility index (Phi) is 5.11. The van der Waals surface area contributed by atoms with Crippen LogP contribution < -0.4 is 4.80 Å². The van der Waals surface area contributed by atoms with E-state index < -0.39 is 17.2 Å². The van der Waals surface area contributed by atoms with Crippen molar-refractivity contribution in [1.29, 1.82) is 0 Å². The summed E-state index contributed by atoms with van der Waals surface area (Å²) in [4.78, 5) is 18.8. The number of carbonyl (C=O) groups is 1. The first-order chi connectivity index (χ1) is 14.5. The second-order valence-electron chi connectivity index (χ2n) is 8.69. The van der Waals surface area contributed by atoms with Crippen molar-refractivity contribution in [2.75, 3.05) is 13.7 Å². The smallest absolute Gasteiger partial charge is 0.280 e. The largest absolute Gasteiger partial charge is 0.383 e. The zero-order chi connectivity index (χ0) is 20.9. The van der Waals surface area contributed by atoms with Crippen molar-refractivity contribution in [3.05, 3.63) is 40.8 Å². The highest BCUT2D eigenvalue weighted by Gasteiger charge is 2.56. The molecular formula is C22H24F2N2O3S. The quantitative estimate of drug-likeness (QED) is 0.717. The Balaban J connectivity index is 1.51. The van der Waals surface area contributed by atoms with Crippen LogP contribution in [0.1, 0.15) is 32.1 Å². The van der Waals surface area contributed by atoms with Crippen molar-refractivity contribution in [2.45, 2.75) is 50.4 Å². The summed E-state index contributed by atoms with van der Waals surface area (Å²) in [5, 5.41) is 0. The fourth-order valence-electron chi connectivity index (χ4n) is 5.41. The first kappa shape index (κ1) is 20.0. The van der Waals surface area contributed by atoms with Crippen LogP contribution >= 0.6 is 11.3 Å². The lowest BCUT2D eigenvalue weighted by atomic mass is 9.62. The van der Waals surface area contributed by atoms with Gasteiger partial charge in [0, 0.05) is 31.5 Å². The summed E-state index contributed by atoms with van der Waals surface area (Å²) >= 11 is 1.22. The molecule has 3 heterocycles. The van der Waals surface area contributed by atoms with E-state index in [4.69, 9.17) is 9.47 Å². The van der Waals surface area contributed by atoms with Crippen molar-refractivity contribution in [1.82, 2.24) is 4.57 Å². The van der Waals surface area contributed by atoms with Gasteiger partial charge in [0.25, 0.3) is 5.91 Å². The molecule has 0 radical (unpaired) electrons. The van der Waals surface area contributed by atoms with Crippen LogP contribution in [-0.2, 0) is 20.8 Å². The number of hydrogen-bond acceptors (Lipinski definition) is 4. The standard InChI is InChI=1S/C22H24F2N2O3S/c1-28-5-4-26-12-19(17-3-2-15(23)9-18(17)24)30-21(26)25-20(27)22-10-13-6-14(11-22)8-16(7-13)29-22/h2-3,9,12-14,16H,4-8,10-11H2,1H3. The van der Waals surface area contributed by atoms with Crippen LogP contribution in [0.25, 0.3) is 10.4 Å². The number of amides is 1. The second kappa shape index (κ2) is 7.66. The molecule has 4 fully saturated rings. The third-order valence-electron chi connectivity index (χ3n) is 6.53. The van der Waals surface area contributed by atoms with Crippen LogP contribution in [0, 0.1) is 23.5 Å². The maximum Gasteiger partial charge on any atom is 0.280 e. The third kappa shape index (κ3) is 3.55. The molecule has 1 aromatic carbocycles. The van der Waals surface area contributed by atoms with Gasteiger partial charge in [-0.3, -0.25) is 4.79 Å². The number of aromatic nitrogens is 1. The van der Waals surface area contributed by atoms with Crippen molar-refractivity contribution >= 4 is 17.2 Å². The molecule has 5 nitrogen and oxygen atoms in total. The van der Waals surface area contributed by atoms with Crippen LogP contribution in [0.5, 0.6) is 0 Å². The van der Waals surface area contributed by atoms with E-state index in [0.717, 1.165) is 31.7 Å². The number of thiazole rings is 1. The van der Waals surface area contributed by atoms with Gasteiger partial charge in [-0.05, 0) is 56.1 Å². The maximum absolute atomic E-state index is 14.3. The van der Waals surface area contributed by atoms with Gasteiger partial charge in [0.1, 0.15) is 17.2 Å². The van der Waals surface area contributed by atoms with Gasteiger partial charge in [-0.2, -0.15) is 4.99 Å². The van der Waals surface area contributed by atoms with Crippen molar-refractivity contribution in [3.63, 3.8) is 0 Å². The molecule has 2 aliphatic carbocycles. The van der Waals surface area contributed by atoms with Crippen LogP contribution in [0.4, 0.5) is 8.78 Å². The van der Waals surface area contributed by atoms with E-state index in [1.54, 1.807) is 17.9 Å².